The minimum absolute atomic E-state index is 0.302. The predicted octanol–water partition coefficient (Wildman–Crippen LogP) is 3.19. The zero-order valence-corrected chi connectivity index (χ0v) is 9.57. The lowest BCUT2D eigenvalue weighted by Gasteiger charge is -2.08. The molecule has 2 heterocycles. The average Bonchev–Trinajstić information content (AvgIpc) is 3.00. The van der Waals surface area contributed by atoms with Crippen molar-refractivity contribution in [1.29, 1.82) is 0 Å². The molecule has 2 aromatic rings. The van der Waals surface area contributed by atoms with Gasteiger partial charge in [0, 0.05) is 10.4 Å². The summed E-state index contributed by atoms with van der Waals surface area (Å²) in [5.41, 5.74) is 1.16. The van der Waals surface area contributed by atoms with Crippen LogP contribution in [0.5, 0.6) is 5.75 Å². The number of rotatable bonds is 4. The van der Waals surface area contributed by atoms with Crippen LogP contribution in [-0.4, -0.2) is 19.3 Å². The van der Waals surface area contributed by atoms with Crippen LogP contribution in [-0.2, 0) is 4.74 Å². The number of thiophene rings is 1. The van der Waals surface area contributed by atoms with Crippen molar-refractivity contribution in [1.82, 2.24) is 0 Å². The van der Waals surface area contributed by atoms with Crippen molar-refractivity contribution in [3.63, 3.8) is 0 Å². The Morgan fingerprint density at radius 2 is 2.12 bits per heavy atom. The maximum absolute atomic E-state index is 5.77. The molecule has 3 heteroatoms. The Morgan fingerprint density at radius 1 is 1.25 bits per heavy atom. The molecule has 1 saturated heterocycles. The fraction of sp³-hybridized carbons (Fsp3) is 0.231. The second-order valence-corrected chi connectivity index (χ2v) is 4.69. The molecule has 16 heavy (non-hydrogen) atoms. The topological polar surface area (TPSA) is 21.8 Å². The highest BCUT2D eigenvalue weighted by Gasteiger charge is 2.23. The first-order chi connectivity index (χ1) is 7.93. The highest BCUT2D eigenvalue weighted by Crippen LogP contribution is 2.33. The maximum Gasteiger partial charge on any atom is 0.128 e. The van der Waals surface area contributed by atoms with Gasteiger partial charge in [0.15, 0.2) is 0 Å². The van der Waals surface area contributed by atoms with E-state index in [1.165, 1.54) is 4.88 Å². The molecule has 3 rings (SSSR count). The van der Waals surface area contributed by atoms with Gasteiger partial charge in [-0.05, 0) is 23.6 Å². The highest BCUT2D eigenvalue weighted by atomic mass is 32.1. The zero-order valence-electron chi connectivity index (χ0n) is 8.76. The van der Waals surface area contributed by atoms with Gasteiger partial charge in [0.05, 0.1) is 6.61 Å². The SMILES string of the molecule is c1csc(-c2ccccc2OCC2CO2)c1. The van der Waals surface area contributed by atoms with E-state index >= 15 is 0 Å². The molecule has 1 aromatic heterocycles. The van der Waals surface area contributed by atoms with Gasteiger partial charge in [0.2, 0.25) is 0 Å². The third-order valence-electron chi connectivity index (χ3n) is 2.50. The number of para-hydroxylation sites is 1. The van der Waals surface area contributed by atoms with Crippen LogP contribution in [0, 0.1) is 0 Å². The second-order valence-electron chi connectivity index (χ2n) is 3.74. The van der Waals surface area contributed by atoms with Gasteiger partial charge in [0.1, 0.15) is 18.5 Å². The molecule has 2 nitrogen and oxygen atoms in total. The maximum atomic E-state index is 5.77. The van der Waals surface area contributed by atoms with Gasteiger partial charge < -0.3 is 9.47 Å². The standard InChI is InChI=1S/C13H12O2S/c1-2-5-12(15-9-10-8-14-10)11(4-1)13-6-3-7-16-13/h1-7,10H,8-9H2. The van der Waals surface area contributed by atoms with E-state index in [4.69, 9.17) is 9.47 Å². The first kappa shape index (κ1) is 9.87. The van der Waals surface area contributed by atoms with Crippen LogP contribution in [0.3, 0.4) is 0 Å². The van der Waals surface area contributed by atoms with Crippen molar-refractivity contribution in [3.8, 4) is 16.2 Å². The largest absolute Gasteiger partial charge is 0.490 e. The summed E-state index contributed by atoms with van der Waals surface area (Å²) in [5, 5.41) is 2.08. The van der Waals surface area contributed by atoms with Gasteiger partial charge in [-0.1, -0.05) is 18.2 Å². The summed E-state index contributed by atoms with van der Waals surface area (Å²) in [6, 6.07) is 12.3. The van der Waals surface area contributed by atoms with E-state index in [1.807, 2.05) is 18.2 Å². The molecular weight excluding hydrogens is 220 g/mol. The van der Waals surface area contributed by atoms with Gasteiger partial charge in [-0.15, -0.1) is 11.3 Å². The molecule has 0 bridgehead atoms. The summed E-state index contributed by atoms with van der Waals surface area (Å²) in [7, 11) is 0. The van der Waals surface area contributed by atoms with E-state index in [2.05, 4.69) is 23.6 Å². The van der Waals surface area contributed by atoms with Crippen LogP contribution in [0.25, 0.3) is 10.4 Å². The van der Waals surface area contributed by atoms with E-state index in [-0.39, 0.29) is 0 Å². The summed E-state index contributed by atoms with van der Waals surface area (Å²) in [5.74, 6) is 0.945. The Labute approximate surface area is 98.4 Å². The molecule has 0 N–H and O–H groups in total. The first-order valence-electron chi connectivity index (χ1n) is 5.31. The van der Waals surface area contributed by atoms with Crippen molar-refractivity contribution in [3.05, 3.63) is 41.8 Å². The minimum Gasteiger partial charge on any atom is -0.490 e. The van der Waals surface area contributed by atoms with Gasteiger partial charge in [-0.3, -0.25) is 0 Å². The average molecular weight is 232 g/mol. The van der Waals surface area contributed by atoms with Crippen LogP contribution in [0.4, 0.5) is 0 Å². The minimum atomic E-state index is 0.302. The molecule has 0 radical (unpaired) electrons. The highest BCUT2D eigenvalue weighted by molar-refractivity contribution is 7.13. The Hall–Kier alpha value is -1.32. The quantitative estimate of drug-likeness (QED) is 0.755. The van der Waals surface area contributed by atoms with E-state index < -0.39 is 0 Å². The molecule has 1 aliphatic rings. The Balaban J connectivity index is 1.85. The second kappa shape index (κ2) is 4.28. The van der Waals surface area contributed by atoms with Crippen molar-refractivity contribution < 1.29 is 9.47 Å². The van der Waals surface area contributed by atoms with Crippen LogP contribution in [0.15, 0.2) is 41.8 Å². The molecule has 1 aliphatic heterocycles. The number of ether oxygens (including phenoxy) is 2. The lowest BCUT2D eigenvalue weighted by atomic mass is 10.1. The van der Waals surface area contributed by atoms with Crippen LogP contribution < -0.4 is 4.74 Å². The van der Waals surface area contributed by atoms with Crippen LogP contribution in [0.2, 0.25) is 0 Å². The molecule has 82 valence electrons. The monoisotopic (exact) mass is 232 g/mol. The molecule has 1 aromatic carbocycles. The number of epoxide rings is 1. The lowest BCUT2D eigenvalue weighted by Crippen LogP contribution is -2.04. The number of hydrogen-bond acceptors (Lipinski definition) is 3. The fourth-order valence-corrected chi connectivity index (χ4v) is 2.33. The molecule has 1 unspecified atom stereocenters. The summed E-state index contributed by atoms with van der Waals surface area (Å²) in [4.78, 5) is 1.24. The van der Waals surface area contributed by atoms with Crippen LogP contribution in [0.1, 0.15) is 0 Å². The van der Waals surface area contributed by atoms with Gasteiger partial charge in [-0.2, -0.15) is 0 Å². The fourth-order valence-electron chi connectivity index (χ4n) is 1.57. The summed E-state index contributed by atoms with van der Waals surface area (Å²) < 4.78 is 10.9. The third-order valence-corrected chi connectivity index (χ3v) is 3.40. The smallest absolute Gasteiger partial charge is 0.128 e. The Morgan fingerprint density at radius 3 is 2.88 bits per heavy atom. The number of benzene rings is 1. The molecular formula is C13H12O2S. The van der Waals surface area contributed by atoms with E-state index in [1.54, 1.807) is 11.3 Å². The molecule has 0 spiro atoms. The van der Waals surface area contributed by atoms with Crippen molar-refractivity contribution >= 4 is 11.3 Å². The first-order valence-corrected chi connectivity index (χ1v) is 6.19. The summed E-state index contributed by atoms with van der Waals surface area (Å²) >= 11 is 1.73. The summed E-state index contributed by atoms with van der Waals surface area (Å²) in [6.45, 7) is 1.49. The predicted molar refractivity (Wildman–Crippen MR) is 65.0 cm³/mol. The summed E-state index contributed by atoms with van der Waals surface area (Å²) in [6.07, 6.45) is 0.302. The molecule has 0 aliphatic carbocycles. The number of hydrogen-bond donors (Lipinski definition) is 0. The Kier molecular flexibility index (Phi) is 2.64. The normalized spacial score (nSPS) is 18.4. The van der Waals surface area contributed by atoms with Crippen LogP contribution >= 0.6 is 11.3 Å². The van der Waals surface area contributed by atoms with Crippen molar-refractivity contribution in [2.45, 2.75) is 6.10 Å². The van der Waals surface area contributed by atoms with E-state index in [0.717, 1.165) is 17.9 Å². The van der Waals surface area contributed by atoms with Crippen molar-refractivity contribution in [2.24, 2.45) is 0 Å². The third kappa shape index (κ3) is 2.10. The molecule has 0 amide bonds. The molecule has 1 fully saturated rings. The van der Waals surface area contributed by atoms with Gasteiger partial charge in [0.25, 0.3) is 0 Å². The van der Waals surface area contributed by atoms with Crippen molar-refractivity contribution in [2.75, 3.05) is 13.2 Å². The molecule has 1 atom stereocenters. The zero-order chi connectivity index (χ0) is 10.8. The molecule has 0 saturated carbocycles. The van der Waals surface area contributed by atoms with Gasteiger partial charge >= 0.3 is 0 Å². The lowest BCUT2D eigenvalue weighted by molar-refractivity contribution is 0.264. The Bertz CT molecular complexity index is 461. The van der Waals surface area contributed by atoms with E-state index in [9.17, 15) is 0 Å². The van der Waals surface area contributed by atoms with E-state index in [0.29, 0.717) is 12.7 Å². The van der Waals surface area contributed by atoms with Gasteiger partial charge in [-0.25, -0.2) is 0 Å².